The van der Waals surface area contributed by atoms with E-state index in [-0.39, 0.29) is 12.1 Å². The minimum atomic E-state index is -0.358. The summed E-state index contributed by atoms with van der Waals surface area (Å²) in [5, 5.41) is 11.9. The molecular formula is C11H22N2O2. The molecule has 0 aliphatic rings. The van der Waals surface area contributed by atoms with Crippen molar-refractivity contribution in [2.24, 2.45) is 0 Å². The van der Waals surface area contributed by atoms with Crippen molar-refractivity contribution < 1.29 is 9.90 Å². The van der Waals surface area contributed by atoms with Crippen molar-refractivity contribution in [2.45, 2.75) is 32.8 Å². The fourth-order valence-electron chi connectivity index (χ4n) is 1.05. The molecule has 2 amide bonds. The maximum absolute atomic E-state index is 11.4. The lowest BCUT2D eigenvalue weighted by atomic mass is 10.3. The number of aliphatic hydroxyl groups excluding tert-OH is 1. The molecule has 0 aromatic rings. The van der Waals surface area contributed by atoms with Gasteiger partial charge < -0.3 is 15.3 Å². The SMILES string of the molecule is C/C=C/CCNC(=O)N(C)CCC(C)O. The van der Waals surface area contributed by atoms with Crippen molar-refractivity contribution in [1.29, 1.82) is 0 Å². The van der Waals surface area contributed by atoms with E-state index in [1.165, 1.54) is 0 Å². The third-order valence-electron chi connectivity index (χ3n) is 2.05. The second-order valence-electron chi connectivity index (χ2n) is 3.65. The van der Waals surface area contributed by atoms with Crippen LogP contribution in [-0.4, -0.2) is 42.3 Å². The summed E-state index contributed by atoms with van der Waals surface area (Å²) in [5.74, 6) is 0. The fraction of sp³-hybridized carbons (Fsp3) is 0.727. The highest BCUT2D eigenvalue weighted by molar-refractivity contribution is 5.73. The molecule has 0 aliphatic heterocycles. The maximum Gasteiger partial charge on any atom is 0.317 e. The van der Waals surface area contributed by atoms with Crippen LogP contribution in [0.15, 0.2) is 12.2 Å². The molecule has 0 saturated heterocycles. The number of hydrogen-bond donors (Lipinski definition) is 2. The number of nitrogens with zero attached hydrogens (tertiary/aromatic N) is 1. The topological polar surface area (TPSA) is 52.6 Å². The summed E-state index contributed by atoms with van der Waals surface area (Å²) in [6.45, 7) is 4.91. The van der Waals surface area contributed by atoms with Crippen LogP contribution in [0.1, 0.15) is 26.7 Å². The molecule has 4 nitrogen and oxygen atoms in total. The van der Waals surface area contributed by atoms with Crippen molar-refractivity contribution in [3.05, 3.63) is 12.2 Å². The molecule has 0 spiro atoms. The number of rotatable bonds is 6. The normalized spacial score (nSPS) is 12.8. The highest BCUT2D eigenvalue weighted by Crippen LogP contribution is 1.93. The van der Waals surface area contributed by atoms with E-state index in [9.17, 15) is 4.79 Å². The highest BCUT2D eigenvalue weighted by atomic mass is 16.3. The summed E-state index contributed by atoms with van der Waals surface area (Å²) < 4.78 is 0. The highest BCUT2D eigenvalue weighted by Gasteiger charge is 2.07. The van der Waals surface area contributed by atoms with E-state index >= 15 is 0 Å². The zero-order chi connectivity index (χ0) is 11.7. The molecule has 0 aromatic heterocycles. The number of carbonyl (C=O) groups excluding carboxylic acids is 1. The molecule has 88 valence electrons. The van der Waals surface area contributed by atoms with E-state index in [0.717, 1.165) is 6.42 Å². The molecule has 1 atom stereocenters. The lowest BCUT2D eigenvalue weighted by Crippen LogP contribution is -2.38. The summed E-state index contributed by atoms with van der Waals surface area (Å²) in [6, 6.07) is -0.0832. The first kappa shape index (κ1) is 14.0. The standard InChI is InChI=1S/C11H22N2O2/c1-4-5-6-8-12-11(15)13(3)9-7-10(2)14/h4-5,10,14H,6-9H2,1-3H3,(H,12,15)/b5-4+. The van der Waals surface area contributed by atoms with Crippen LogP contribution < -0.4 is 5.32 Å². The zero-order valence-electron chi connectivity index (χ0n) is 9.86. The molecule has 15 heavy (non-hydrogen) atoms. The summed E-state index contributed by atoms with van der Waals surface area (Å²) in [4.78, 5) is 13.0. The smallest absolute Gasteiger partial charge is 0.317 e. The lowest BCUT2D eigenvalue weighted by molar-refractivity contribution is 0.163. The van der Waals surface area contributed by atoms with Crippen molar-refractivity contribution in [3.63, 3.8) is 0 Å². The van der Waals surface area contributed by atoms with Crippen LogP contribution in [-0.2, 0) is 0 Å². The van der Waals surface area contributed by atoms with Crippen LogP contribution >= 0.6 is 0 Å². The van der Waals surface area contributed by atoms with Gasteiger partial charge in [0.25, 0.3) is 0 Å². The van der Waals surface area contributed by atoms with E-state index < -0.39 is 0 Å². The predicted octanol–water partition coefficient (Wildman–Crippen LogP) is 1.36. The minimum absolute atomic E-state index is 0.0832. The Bertz CT molecular complexity index is 203. The Morgan fingerprint density at radius 3 is 2.80 bits per heavy atom. The van der Waals surface area contributed by atoms with Gasteiger partial charge in [-0.25, -0.2) is 4.79 Å². The van der Waals surface area contributed by atoms with E-state index in [2.05, 4.69) is 5.32 Å². The van der Waals surface area contributed by atoms with Crippen molar-refractivity contribution in [1.82, 2.24) is 10.2 Å². The quantitative estimate of drug-likeness (QED) is 0.518. The Labute approximate surface area is 92.0 Å². The van der Waals surface area contributed by atoms with E-state index in [1.807, 2.05) is 19.1 Å². The molecule has 0 radical (unpaired) electrons. The molecule has 0 aromatic carbocycles. The number of urea groups is 1. The summed E-state index contributed by atoms with van der Waals surface area (Å²) in [7, 11) is 1.73. The first-order valence-corrected chi connectivity index (χ1v) is 5.36. The molecule has 0 saturated carbocycles. The first-order valence-electron chi connectivity index (χ1n) is 5.36. The molecule has 0 heterocycles. The monoisotopic (exact) mass is 214 g/mol. The van der Waals surface area contributed by atoms with Crippen LogP contribution in [0.5, 0.6) is 0 Å². The van der Waals surface area contributed by atoms with Gasteiger partial charge in [-0.1, -0.05) is 12.2 Å². The van der Waals surface area contributed by atoms with Crippen LogP contribution in [0.25, 0.3) is 0 Å². The molecule has 0 fully saturated rings. The van der Waals surface area contributed by atoms with Gasteiger partial charge in [-0.2, -0.15) is 0 Å². The average molecular weight is 214 g/mol. The van der Waals surface area contributed by atoms with Gasteiger partial charge in [-0.05, 0) is 26.7 Å². The number of hydrogen-bond acceptors (Lipinski definition) is 2. The number of carbonyl (C=O) groups is 1. The summed E-state index contributed by atoms with van der Waals surface area (Å²) in [5.41, 5.74) is 0. The lowest BCUT2D eigenvalue weighted by Gasteiger charge is -2.18. The van der Waals surface area contributed by atoms with Crippen molar-refractivity contribution >= 4 is 6.03 Å². The van der Waals surface area contributed by atoms with Gasteiger partial charge in [0.05, 0.1) is 6.10 Å². The van der Waals surface area contributed by atoms with Crippen LogP contribution in [0.4, 0.5) is 4.79 Å². The van der Waals surface area contributed by atoms with Gasteiger partial charge in [0.15, 0.2) is 0 Å². The molecule has 4 heteroatoms. The fourth-order valence-corrected chi connectivity index (χ4v) is 1.05. The van der Waals surface area contributed by atoms with Crippen molar-refractivity contribution in [2.75, 3.05) is 20.1 Å². The minimum Gasteiger partial charge on any atom is -0.393 e. The third-order valence-corrected chi connectivity index (χ3v) is 2.05. The number of amides is 2. The Balaban J connectivity index is 3.60. The summed E-state index contributed by atoms with van der Waals surface area (Å²) in [6.07, 6.45) is 5.08. The van der Waals surface area contributed by atoms with Crippen molar-refractivity contribution in [3.8, 4) is 0 Å². The molecule has 0 rings (SSSR count). The summed E-state index contributed by atoms with van der Waals surface area (Å²) >= 11 is 0. The zero-order valence-corrected chi connectivity index (χ0v) is 9.86. The largest absolute Gasteiger partial charge is 0.393 e. The van der Waals surface area contributed by atoms with E-state index in [4.69, 9.17) is 5.11 Å². The molecular weight excluding hydrogens is 192 g/mol. The number of aliphatic hydroxyl groups is 1. The van der Waals surface area contributed by atoms with Crippen LogP contribution in [0.3, 0.4) is 0 Å². The Kier molecular flexibility index (Phi) is 7.72. The van der Waals surface area contributed by atoms with Gasteiger partial charge in [-0.15, -0.1) is 0 Å². The molecule has 2 N–H and O–H groups in total. The van der Waals surface area contributed by atoms with Crippen LogP contribution in [0.2, 0.25) is 0 Å². The molecule has 0 bridgehead atoms. The Morgan fingerprint density at radius 1 is 1.60 bits per heavy atom. The Morgan fingerprint density at radius 2 is 2.27 bits per heavy atom. The third kappa shape index (κ3) is 8.00. The van der Waals surface area contributed by atoms with Gasteiger partial charge in [0.1, 0.15) is 0 Å². The van der Waals surface area contributed by atoms with E-state index in [0.29, 0.717) is 19.5 Å². The van der Waals surface area contributed by atoms with Gasteiger partial charge in [0, 0.05) is 20.1 Å². The number of allylic oxidation sites excluding steroid dienone is 1. The van der Waals surface area contributed by atoms with Gasteiger partial charge in [-0.3, -0.25) is 0 Å². The average Bonchev–Trinajstić information content (AvgIpc) is 2.20. The number of nitrogens with one attached hydrogen (secondary N) is 1. The Hall–Kier alpha value is -1.03. The van der Waals surface area contributed by atoms with Gasteiger partial charge >= 0.3 is 6.03 Å². The second kappa shape index (κ2) is 8.29. The first-order chi connectivity index (χ1) is 7.07. The maximum atomic E-state index is 11.4. The molecule has 0 aliphatic carbocycles. The second-order valence-corrected chi connectivity index (χ2v) is 3.65. The molecule has 1 unspecified atom stereocenters. The predicted molar refractivity (Wildman–Crippen MR) is 61.8 cm³/mol. The van der Waals surface area contributed by atoms with Crippen LogP contribution in [0, 0.1) is 0 Å². The van der Waals surface area contributed by atoms with E-state index in [1.54, 1.807) is 18.9 Å². The van der Waals surface area contributed by atoms with Gasteiger partial charge in [0.2, 0.25) is 0 Å².